The van der Waals surface area contributed by atoms with Crippen LogP contribution >= 0.6 is 0 Å². The van der Waals surface area contributed by atoms with Crippen LogP contribution in [0, 0.1) is 6.92 Å². The second-order valence-corrected chi connectivity index (χ2v) is 3.50. The van der Waals surface area contributed by atoms with Gasteiger partial charge in [0.05, 0.1) is 6.61 Å². The molecule has 0 atom stereocenters. The smallest absolute Gasteiger partial charge is 0.122 e. The second-order valence-electron chi connectivity index (χ2n) is 3.50. The van der Waals surface area contributed by atoms with Crippen LogP contribution in [0.1, 0.15) is 24.0 Å². The van der Waals surface area contributed by atoms with Crippen molar-refractivity contribution in [1.82, 2.24) is 0 Å². The third-order valence-corrected chi connectivity index (χ3v) is 2.45. The van der Waals surface area contributed by atoms with Crippen molar-refractivity contribution in [3.63, 3.8) is 0 Å². The number of aryl methyl sites for hydroxylation is 2. The van der Waals surface area contributed by atoms with Gasteiger partial charge in [-0.15, -0.1) is 0 Å². The van der Waals surface area contributed by atoms with E-state index < -0.39 is 0 Å². The molecule has 1 aliphatic rings. The highest BCUT2D eigenvalue weighted by Gasteiger charge is 2.09. The molecule has 0 saturated heterocycles. The third kappa shape index (κ3) is 1.85. The van der Waals surface area contributed by atoms with Crippen molar-refractivity contribution in [2.45, 2.75) is 25.7 Å². The highest BCUT2D eigenvalue weighted by atomic mass is 16.5. The van der Waals surface area contributed by atoms with Gasteiger partial charge in [-0.25, -0.2) is 0 Å². The van der Waals surface area contributed by atoms with Crippen LogP contribution in [-0.2, 0) is 12.8 Å². The number of benzene rings is 1. The summed E-state index contributed by atoms with van der Waals surface area (Å²) in [6, 6.07) is 6.55. The van der Waals surface area contributed by atoms with Crippen molar-refractivity contribution < 1.29 is 4.74 Å². The van der Waals surface area contributed by atoms with Gasteiger partial charge in [0.15, 0.2) is 0 Å². The van der Waals surface area contributed by atoms with Crippen LogP contribution in [0.4, 0.5) is 0 Å². The summed E-state index contributed by atoms with van der Waals surface area (Å²) in [6.45, 7) is 4.73. The van der Waals surface area contributed by atoms with Gasteiger partial charge in [-0.1, -0.05) is 19.1 Å². The maximum absolute atomic E-state index is 5.59. The highest BCUT2D eigenvalue weighted by molar-refractivity contribution is 5.38. The van der Waals surface area contributed by atoms with Gasteiger partial charge in [0.2, 0.25) is 0 Å². The largest absolute Gasteiger partial charge is 0.493 e. The SMILES string of the molecule is [CH2]CCc1ccc2c(c1)OCCC2. The van der Waals surface area contributed by atoms with E-state index in [9.17, 15) is 0 Å². The Labute approximate surface area is 79.7 Å². The fourth-order valence-corrected chi connectivity index (χ4v) is 1.74. The normalized spacial score (nSPS) is 14.8. The lowest BCUT2D eigenvalue weighted by Crippen LogP contribution is -2.08. The van der Waals surface area contributed by atoms with Crippen LogP contribution < -0.4 is 4.74 Å². The molecule has 0 aromatic heterocycles. The molecule has 69 valence electrons. The Hall–Kier alpha value is -0.980. The fraction of sp³-hybridized carbons (Fsp3) is 0.417. The van der Waals surface area contributed by atoms with E-state index in [1.165, 1.54) is 17.5 Å². The molecule has 0 unspecified atom stereocenters. The molecule has 1 nitrogen and oxygen atoms in total. The first kappa shape index (κ1) is 8.61. The van der Waals surface area contributed by atoms with E-state index in [1.54, 1.807) is 0 Å². The minimum Gasteiger partial charge on any atom is -0.493 e. The summed E-state index contributed by atoms with van der Waals surface area (Å²) in [5, 5.41) is 0. The summed E-state index contributed by atoms with van der Waals surface area (Å²) >= 11 is 0. The average molecular weight is 175 g/mol. The lowest BCUT2D eigenvalue weighted by Gasteiger charge is -2.17. The van der Waals surface area contributed by atoms with Gasteiger partial charge >= 0.3 is 0 Å². The molecule has 1 heterocycles. The van der Waals surface area contributed by atoms with E-state index in [2.05, 4.69) is 25.1 Å². The van der Waals surface area contributed by atoms with Crippen molar-refractivity contribution in [1.29, 1.82) is 0 Å². The third-order valence-electron chi connectivity index (χ3n) is 2.45. The molecule has 1 aromatic carbocycles. The lowest BCUT2D eigenvalue weighted by atomic mass is 10.0. The van der Waals surface area contributed by atoms with Gasteiger partial charge < -0.3 is 4.74 Å². The molecule has 0 fully saturated rings. The van der Waals surface area contributed by atoms with Crippen LogP contribution in [0.25, 0.3) is 0 Å². The van der Waals surface area contributed by atoms with Gasteiger partial charge in [0.1, 0.15) is 5.75 Å². The van der Waals surface area contributed by atoms with E-state index >= 15 is 0 Å². The summed E-state index contributed by atoms with van der Waals surface area (Å²) in [4.78, 5) is 0. The van der Waals surface area contributed by atoms with E-state index in [1.807, 2.05) is 0 Å². The van der Waals surface area contributed by atoms with E-state index in [4.69, 9.17) is 4.74 Å². The molecule has 0 spiro atoms. The molecule has 13 heavy (non-hydrogen) atoms. The maximum atomic E-state index is 5.59. The van der Waals surface area contributed by atoms with E-state index in [0.29, 0.717) is 0 Å². The van der Waals surface area contributed by atoms with Gasteiger partial charge in [0, 0.05) is 0 Å². The number of hydrogen-bond donors (Lipinski definition) is 0. The fourth-order valence-electron chi connectivity index (χ4n) is 1.74. The predicted octanol–water partition coefficient (Wildman–Crippen LogP) is 2.78. The summed E-state index contributed by atoms with van der Waals surface area (Å²) in [5.74, 6) is 1.09. The molecule has 2 rings (SSSR count). The quantitative estimate of drug-likeness (QED) is 0.671. The predicted molar refractivity (Wildman–Crippen MR) is 53.9 cm³/mol. The van der Waals surface area contributed by atoms with Gasteiger partial charge in [0.25, 0.3) is 0 Å². The van der Waals surface area contributed by atoms with Crippen LogP contribution in [0.3, 0.4) is 0 Å². The summed E-state index contributed by atoms with van der Waals surface area (Å²) in [7, 11) is 0. The molecule has 1 radical (unpaired) electrons. The van der Waals surface area contributed by atoms with Gasteiger partial charge in [-0.3, -0.25) is 0 Å². The van der Waals surface area contributed by atoms with Crippen LogP contribution in [-0.4, -0.2) is 6.61 Å². The van der Waals surface area contributed by atoms with Crippen LogP contribution in [0.2, 0.25) is 0 Å². The standard InChI is InChI=1S/C12H15O/c1-2-4-10-6-7-11-5-3-8-13-12(11)9-10/h6-7,9H,1-5,8H2. The zero-order valence-corrected chi connectivity index (χ0v) is 7.88. The maximum Gasteiger partial charge on any atom is 0.122 e. The molecule has 0 N–H and O–H groups in total. The first-order valence-corrected chi connectivity index (χ1v) is 4.94. The Balaban J connectivity index is 2.24. The van der Waals surface area contributed by atoms with E-state index in [-0.39, 0.29) is 0 Å². The Morgan fingerprint density at radius 1 is 1.38 bits per heavy atom. The molecule has 1 heteroatoms. The number of ether oxygens (including phenoxy) is 1. The average Bonchev–Trinajstić information content (AvgIpc) is 2.18. The molecule has 1 aromatic rings. The Morgan fingerprint density at radius 3 is 3.15 bits per heavy atom. The highest BCUT2D eigenvalue weighted by Crippen LogP contribution is 2.26. The number of fused-ring (bicyclic) bond motifs is 1. The molecular formula is C12H15O. The van der Waals surface area contributed by atoms with Crippen LogP contribution in [0.5, 0.6) is 5.75 Å². The lowest BCUT2D eigenvalue weighted by molar-refractivity contribution is 0.288. The zero-order chi connectivity index (χ0) is 9.10. The molecule has 1 aliphatic heterocycles. The van der Waals surface area contributed by atoms with Crippen molar-refractivity contribution in [3.05, 3.63) is 36.2 Å². The van der Waals surface area contributed by atoms with Gasteiger partial charge in [-0.05, 0) is 42.9 Å². The molecule has 0 saturated carbocycles. The Morgan fingerprint density at radius 2 is 2.31 bits per heavy atom. The minimum absolute atomic E-state index is 0.876. The van der Waals surface area contributed by atoms with Crippen molar-refractivity contribution >= 4 is 0 Å². The minimum atomic E-state index is 0.876. The molecular weight excluding hydrogens is 160 g/mol. The Bertz CT molecular complexity index is 291. The molecule has 0 bridgehead atoms. The molecule has 0 aliphatic carbocycles. The molecule has 0 amide bonds. The zero-order valence-electron chi connectivity index (χ0n) is 7.88. The number of rotatable bonds is 2. The number of hydrogen-bond acceptors (Lipinski definition) is 1. The van der Waals surface area contributed by atoms with Gasteiger partial charge in [-0.2, -0.15) is 0 Å². The summed E-state index contributed by atoms with van der Waals surface area (Å²) < 4.78 is 5.59. The van der Waals surface area contributed by atoms with Crippen molar-refractivity contribution in [2.75, 3.05) is 6.61 Å². The van der Waals surface area contributed by atoms with E-state index in [0.717, 1.165) is 31.6 Å². The first-order valence-electron chi connectivity index (χ1n) is 4.94. The van der Waals surface area contributed by atoms with Crippen molar-refractivity contribution in [3.8, 4) is 5.75 Å². The monoisotopic (exact) mass is 175 g/mol. The summed E-state index contributed by atoms with van der Waals surface area (Å²) in [6.07, 6.45) is 4.33. The first-order chi connectivity index (χ1) is 6.40. The van der Waals surface area contributed by atoms with Crippen molar-refractivity contribution in [2.24, 2.45) is 0 Å². The summed E-state index contributed by atoms with van der Waals surface area (Å²) in [5.41, 5.74) is 2.70. The topological polar surface area (TPSA) is 9.23 Å². The van der Waals surface area contributed by atoms with Crippen LogP contribution in [0.15, 0.2) is 18.2 Å². The Kier molecular flexibility index (Phi) is 2.53. The second kappa shape index (κ2) is 3.82.